The Balaban J connectivity index is 1.58. The summed E-state index contributed by atoms with van der Waals surface area (Å²) in [7, 11) is 0. The molecule has 0 unspecified atom stereocenters. The molecule has 1 aromatic carbocycles. The molecule has 0 atom stereocenters. The minimum absolute atomic E-state index is 0.0411. The maximum Gasteiger partial charge on any atom is 0.318 e. The van der Waals surface area contributed by atoms with E-state index < -0.39 is 5.54 Å². The fourth-order valence-electron chi connectivity index (χ4n) is 2.96. The first-order valence-corrected chi connectivity index (χ1v) is 8.83. The van der Waals surface area contributed by atoms with Gasteiger partial charge in [0.25, 0.3) is 0 Å². The first-order chi connectivity index (χ1) is 12.0. The minimum atomic E-state index is -0.459. The predicted octanol–water partition coefficient (Wildman–Crippen LogP) is 3.50. The highest BCUT2D eigenvalue weighted by Gasteiger charge is 2.28. The number of urea groups is 1. The average molecular weight is 359 g/mol. The number of aromatic nitrogens is 1. The van der Waals surface area contributed by atoms with Crippen LogP contribution in [0.3, 0.4) is 0 Å². The average Bonchev–Trinajstić information content (AvgIpc) is 2.62. The molecule has 1 fully saturated rings. The van der Waals surface area contributed by atoms with Gasteiger partial charge in [-0.1, -0.05) is 29.8 Å². The van der Waals surface area contributed by atoms with Crippen molar-refractivity contribution >= 4 is 23.4 Å². The van der Waals surface area contributed by atoms with Crippen LogP contribution in [-0.2, 0) is 5.54 Å². The van der Waals surface area contributed by atoms with Crippen molar-refractivity contribution in [3.63, 3.8) is 0 Å². The van der Waals surface area contributed by atoms with Gasteiger partial charge in [0, 0.05) is 37.4 Å². The van der Waals surface area contributed by atoms with E-state index in [0.29, 0.717) is 18.1 Å². The summed E-state index contributed by atoms with van der Waals surface area (Å²) in [6.45, 7) is 6.92. The molecule has 2 heterocycles. The maximum absolute atomic E-state index is 12.7. The van der Waals surface area contributed by atoms with E-state index in [-0.39, 0.29) is 6.03 Å². The Morgan fingerprint density at radius 1 is 1.08 bits per heavy atom. The Hall–Kier alpha value is -2.27. The molecule has 3 rings (SSSR count). The Morgan fingerprint density at radius 2 is 1.76 bits per heavy atom. The summed E-state index contributed by atoms with van der Waals surface area (Å²) >= 11 is 5.95. The molecule has 0 radical (unpaired) electrons. The number of pyridine rings is 1. The molecule has 1 saturated heterocycles. The monoisotopic (exact) mass is 358 g/mol. The van der Waals surface area contributed by atoms with Crippen LogP contribution in [0.5, 0.6) is 0 Å². The molecule has 0 spiro atoms. The number of nitrogens with one attached hydrogen (secondary N) is 1. The van der Waals surface area contributed by atoms with Gasteiger partial charge in [0.2, 0.25) is 0 Å². The molecule has 5 nitrogen and oxygen atoms in total. The number of carbonyl (C=O) groups is 1. The van der Waals surface area contributed by atoms with Crippen LogP contribution in [0.4, 0.5) is 10.6 Å². The molecule has 2 amide bonds. The van der Waals surface area contributed by atoms with Gasteiger partial charge in [0.05, 0.1) is 5.54 Å². The van der Waals surface area contributed by atoms with Crippen molar-refractivity contribution in [3.05, 3.63) is 59.2 Å². The van der Waals surface area contributed by atoms with Crippen LogP contribution < -0.4 is 10.2 Å². The van der Waals surface area contributed by atoms with E-state index in [1.54, 1.807) is 6.20 Å². The van der Waals surface area contributed by atoms with Gasteiger partial charge in [-0.2, -0.15) is 0 Å². The molecule has 1 N–H and O–H groups in total. The van der Waals surface area contributed by atoms with Gasteiger partial charge in [-0.25, -0.2) is 9.78 Å². The van der Waals surface area contributed by atoms with Gasteiger partial charge in [0.15, 0.2) is 0 Å². The van der Waals surface area contributed by atoms with E-state index in [9.17, 15) is 4.79 Å². The Bertz CT molecular complexity index is 710. The van der Waals surface area contributed by atoms with Gasteiger partial charge in [-0.05, 0) is 43.7 Å². The third-order valence-corrected chi connectivity index (χ3v) is 4.78. The number of halogens is 1. The lowest BCUT2D eigenvalue weighted by atomic mass is 9.94. The number of rotatable bonds is 3. The van der Waals surface area contributed by atoms with Gasteiger partial charge in [-0.15, -0.1) is 0 Å². The predicted molar refractivity (Wildman–Crippen MR) is 101 cm³/mol. The first kappa shape index (κ1) is 17.5. The lowest BCUT2D eigenvalue weighted by molar-refractivity contribution is 0.183. The van der Waals surface area contributed by atoms with Gasteiger partial charge in [0.1, 0.15) is 5.82 Å². The van der Waals surface area contributed by atoms with Crippen LogP contribution in [0.1, 0.15) is 19.4 Å². The molecular formula is C19H23ClN4O. The fraction of sp³-hybridized carbons (Fsp3) is 0.368. The van der Waals surface area contributed by atoms with E-state index >= 15 is 0 Å². The van der Waals surface area contributed by atoms with Crippen molar-refractivity contribution in [1.82, 2.24) is 15.2 Å². The van der Waals surface area contributed by atoms with Crippen molar-refractivity contribution in [2.75, 3.05) is 31.1 Å². The molecule has 25 heavy (non-hydrogen) atoms. The number of carbonyl (C=O) groups excluding carboxylic acids is 1. The SMILES string of the molecule is CC(C)(NC(=O)N1CCN(c2ccccn2)CC1)c1ccc(Cl)cc1. The van der Waals surface area contributed by atoms with Crippen LogP contribution in [-0.4, -0.2) is 42.1 Å². The Kier molecular flexibility index (Phi) is 5.13. The fourth-order valence-corrected chi connectivity index (χ4v) is 3.09. The lowest BCUT2D eigenvalue weighted by Gasteiger charge is -2.37. The highest BCUT2D eigenvalue weighted by molar-refractivity contribution is 6.30. The third kappa shape index (κ3) is 4.23. The lowest BCUT2D eigenvalue weighted by Crippen LogP contribution is -2.55. The molecule has 0 aliphatic carbocycles. The van der Waals surface area contributed by atoms with Gasteiger partial charge >= 0.3 is 6.03 Å². The molecule has 0 saturated carbocycles. The van der Waals surface area contributed by atoms with Crippen molar-refractivity contribution in [3.8, 4) is 0 Å². The number of amides is 2. The van der Waals surface area contributed by atoms with Crippen LogP contribution in [0.2, 0.25) is 5.02 Å². The molecule has 2 aromatic rings. The molecule has 1 aliphatic heterocycles. The molecule has 1 aliphatic rings. The summed E-state index contributed by atoms with van der Waals surface area (Å²) in [5.41, 5.74) is 0.567. The minimum Gasteiger partial charge on any atom is -0.353 e. The summed E-state index contributed by atoms with van der Waals surface area (Å²) in [6, 6.07) is 13.4. The summed E-state index contributed by atoms with van der Waals surface area (Å²) in [5, 5.41) is 3.82. The highest BCUT2D eigenvalue weighted by atomic mass is 35.5. The third-order valence-electron chi connectivity index (χ3n) is 4.53. The number of nitrogens with zero attached hydrogens (tertiary/aromatic N) is 3. The van der Waals surface area contributed by atoms with Crippen molar-refractivity contribution in [2.24, 2.45) is 0 Å². The summed E-state index contributed by atoms with van der Waals surface area (Å²) in [4.78, 5) is 21.1. The number of hydrogen-bond donors (Lipinski definition) is 1. The van der Waals surface area contributed by atoms with E-state index in [0.717, 1.165) is 24.5 Å². The molecule has 6 heteroatoms. The van der Waals surface area contributed by atoms with E-state index in [2.05, 4.69) is 15.2 Å². The van der Waals surface area contributed by atoms with Gasteiger partial charge in [-0.3, -0.25) is 0 Å². The van der Waals surface area contributed by atoms with Crippen molar-refractivity contribution in [2.45, 2.75) is 19.4 Å². The number of hydrogen-bond acceptors (Lipinski definition) is 3. The zero-order valence-corrected chi connectivity index (χ0v) is 15.3. The van der Waals surface area contributed by atoms with E-state index in [1.807, 2.05) is 61.2 Å². The molecular weight excluding hydrogens is 336 g/mol. The van der Waals surface area contributed by atoms with E-state index in [1.165, 1.54) is 0 Å². The van der Waals surface area contributed by atoms with Crippen LogP contribution in [0.25, 0.3) is 0 Å². The van der Waals surface area contributed by atoms with Crippen molar-refractivity contribution in [1.29, 1.82) is 0 Å². The largest absolute Gasteiger partial charge is 0.353 e. The molecule has 132 valence electrons. The summed E-state index contributed by atoms with van der Waals surface area (Å²) in [6.07, 6.45) is 1.79. The first-order valence-electron chi connectivity index (χ1n) is 8.45. The second-order valence-electron chi connectivity index (χ2n) is 6.72. The number of benzene rings is 1. The van der Waals surface area contributed by atoms with Crippen LogP contribution in [0.15, 0.2) is 48.7 Å². The normalized spacial score (nSPS) is 15.2. The van der Waals surface area contributed by atoms with Gasteiger partial charge < -0.3 is 15.1 Å². The smallest absolute Gasteiger partial charge is 0.318 e. The zero-order valence-electron chi connectivity index (χ0n) is 14.6. The zero-order chi connectivity index (χ0) is 17.9. The van der Waals surface area contributed by atoms with E-state index in [4.69, 9.17) is 11.6 Å². The number of piperazine rings is 1. The second-order valence-corrected chi connectivity index (χ2v) is 7.16. The van der Waals surface area contributed by atoms with Crippen LogP contribution >= 0.6 is 11.6 Å². The highest BCUT2D eigenvalue weighted by Crippen LogP contribution is 2.22. The topological polar surface area (TPSA) is 48.5 Å². The Labute approximate surface area is 153 Å². The van der Waals surface area contributed by atoms with Crippen LogP contribution in [0, 0.1) is 0 Å². The molecule has 0 bridgehead atoms. The second kappa shape index (κ2) is 7.31. The maximum atomic E-state index is 12.7. The molecule has 1 aromatic heterocycles. The number of anilines is 1. The Morgan fingerprint density at radius 3 is 2.36 bits per heavy atom. The summed E-state index contributed by atoms with van der Waals surface area (Å²) < 4.78 is 0. The quantitative estimate of drug-likeness (QED) is 0.913. The summed E-state index contributed by atoms with van der Waals surface area (Å²) in [5.74, 6) is 0.962. The van der Waals surface area contributed by atoms with Crippen molar-refractivity contribution < 1.29 is 4.79 Å². The standard InChI is InChI=1S/C19H23ClN4O/c1-19(2,15-6-8-16(20)9-7-15)22-18(25)24-13-11-23(12-14-24)17-5-3-4-10-21-17/h3-10H,11-14H2,1-2H3,(H,22,25).